The summed E-state index contributed by atoms with van der Waals surface area (Å²) < 4.78 is 0. The highest BCUT2D eigenvalue weighted by Gasteiger charge is 2.07. The van der Waals surface area contributed by atoms with Crippen LogP contribution in [0.5, 0.6) is 0 Å². The summed E-state index contributed by atoms with van der Waals surface area (Å²) in [5.41, 5.74) is 0. The Morgan fingerprint density at radius 1 is 1.25 bits per heavy atom. The second-order valence-electron chi connectivity index (χ2n) is 3.80. The average Bonchev–Trinajstić information content (AvgIpc) is 2.65. The predicted molar refractivity (Wildman–Crippen MR) is 67.9 cm³/mol. The van der Waals surface area contributed by atoms with Crippen molar-refractivity contribution in [1.82, 2.24) is 9.97 Å². The fraction of sp³-hybridized carbons (Fsp3) is 0.333. The van der Waals surface area contributed by atoms with E-state index in [1.807, 2.05) is 24.3 Å². The number of hydrogen-bond acceptors (Lipinski definition) is 4. The van der Waals surface area contributed by atoms with Gasteiger partial charge < -0.3 is 5.32 Å². The van der Waals surface area contributed by atoms with Crippen LogP contribution >= 0.6 is 11.3 Å². The third kappa shape index (κ3) is 2.58. The summed E-state index contributed by atoms with van der Waals surface area (Å²) in [4.78, 5) is 11.1. The van der Waals surface area contributed by atoms with Crippen LogP contribution in [0.15, 0.2) is 24.4 Å². The molecule has 0 aliphatic heterocycles. The Labute approximate surface area is 99.6 Å². The number of nitrogens with zero attached hydrogens (tertiary/aromatic N) is 2. The van der Waals surface area contributed by atoms with Crippen LogP contribution < -0.4 is 5.32 Å². The summed E-state index contributed by atoms with van der Waals surface area (Å²) in [5.74, 6) is 1.67. The molecule has 0 aromatic carbocycles. The van der Waals surface area contributed by atoms with Gasteiger partial charge in [-0.25, -0.2) is 9.97 Å². The van der Waals surface area contributed by atoms with Gasteiger partial charge in [0.25, 0.3) is 0 Å². The van der Waals surface area contributed by atoms with Gasteiger partial charge in [-0.3, -0.25) is 0 Å². The van der Waals surface area contributed by atoms with Crippen LogP contribution in [0.1, 0.15) is 28.5 Å². The number of aromatic nitrogens is 2. The molecule has 0 bridgehead atoms. The SMILES string of the molecule is Cc1nccc(NC(C)c2ccc(C)s2)n1. The van der Waals surface area contributed by atoms with Crippen molar-refractivity contribution < 1.29 is 0 Å². The summed E-state index contributed by atoms with van der Waals surface area (Å²) in [6.45, 7) is 6.16. The van der Waals surface area contributed by atoms with Gasteiger partial charge in [0.2, 0.25) is 0 Å². The molecule has 0 saturated carbocycles. The summed E-state index contributed by atoms with van der Waals surface area (Å²) >= 11 is 1.81. The third-order valence-corrected chi connectivity index (χ3v) is 3.51. The maximum Gasteiger partial charge on any atom is 0.130 e. The number of nitrogens with one attached hydrogen (secondary N) is 1. The van der Waals surface area contributed by atoms with Crippen LogP contribution in [-0.2, 0) is 0 Å². The standard InChI is InChI=1S/C12H15N3S/c1-8-4-5-11(16-8)9(2)14-12-6-7-13-10(3)15-12/h4-7,9H,1-3H3,(H,13,14,15). The number of aryl methyl sites for hydroxylation is 2. The largest absolute Gasteiger partial charge is 0.363 e. The van der Waals surface area contributed by atoms with Crippen LogP contribution in [0.3, 0.4) is 0 Å². The van der Waals surface area contributed by atoms with E-state index in [-0.39, 0.29) is 6.04 Å². The molecule has 16 heavy (non-hydrogen) atoms. The molecule has 0 radical (unpaired) electrons. The average molecular weight is 233 g/mol. The first-order valence-corrected chi connectivity index (χ1v) is 6.09. The highest BCUT2D eigenvalue weighted by Crippen LogP contribution is 2.24. The molecule has 2 heterocycles. The lowest BCUT2D eigenvalue weighted by atomic mass is 10.2. The van der Waals surface area contributed by atoms with Crippen molar-refractivity contribution in [2.24, 2.45) is 0 Å². The van der Waals surface area contributed by atoms with E-state index in [1.54, 1.807) is 6.20 Å². The Bertz CT molecular complexity index is 479. The maximum atomic E-state index is 4.33. The van der Waals surface area contributed by atoms with Crippen LogP contribution in [0.2, 0.25) is 0 Å². The Balaban J connectivity index is 2.10. The van der Waals surface area contributed by atoms with Gasteiger partial charge >= 0.3 is 0 Å². The van der Waals surface area contributed by atoms with E-state index in [0.29, 0.717) is 0 Å². The van der Waals surface area contributed by atoms with Crippen molar-refractivity contribution >= 4 is 17.2 Å². The first-order chi connectivity index (χ1) is 7.65. The molecule has 0 saturated heterocycles. The number of anilines is 1. The van der Waals surface area contributed by atoms with Gasteiger partial charge in [0.1, 0.15) is 11.6 Å². The summed E-state index contributed by atoms with van der Waals surface area (Å²) in [5, 5.41) is 3.37. The summed E-state index contributed by atoms with van der Waals surface area (Å²) in [6.07, 6.45) is 1.77. The Hall–Kier alpha value is -1.42. The molecule has 0 fully saturated rings. The van der Waals surface area contributed by atoms with E-state index in [9.17, 15) is 0 Å². The first-order valence-electron chi connectivity index (χ1n) is 5.27. The molecular weight excluding hydrogens is 218 g/mol. The zero-order chi connectivity index (χ0) is 11.5. The molecular formula is C12H15N3S. The lowest BCUT2D eigenvalue weighted by molar-refractivity contribution is 0.887. The monoisotopic (exact) mass is 233 g/mol. The van der Waals surface area contributed by atoms with E-state index < -0.39 is 0 Å². The van der Waals surface area contributed by atoms with Crippen molar-refractivity contribution in [2.75, 3.05) is 5.32 Å². The topological polar surface area (TPSA) is 37.8 Å². The zero-order valence-electron chi connectivity index (χ0n) is 9.69. The molecule has 2 rings (SSSR count). The molecule has 0 aliphatic rings. The van der Waals surface area contributed by atoms with Gasteiger partial charge in [-0.1, -0.05) is 0 Å². The van der Waals surface area contributed by atoms with Crippen molar-refractivity contribution in [3.63, 3.8) is 0 Å². The molecule has 1 N–H and O–H groups in total. The van der Waals surface area contributed by atoms with Crippen LogP contribution in [0.4, 0.5) is 5.82 Å². The minimum absolute atomic E-state index is 0.285. The summed E-state index contributed by atoms with van der Waals surface area (Å²) in [7, 11) is 0. The van der Waals surface area contributed by atoms with Gasteiger partial charge in [0, 0.05) is 16.0 Å². The lowest BCUT2D eigenvalue weighted by Gasteiger charge is -2.12. The molecule has 2 aromatic rings. The number of hydrogen-bond donors (Lipinski definition) is 1. The highest BCUT2D eigenvalue weighted by molar-refractivity contribution is 7.12. The van der Waals surface area contributed by atoms with E-state index in [4.69, 9.17) is 0 Å². The molecule has 0 spiro atoms. The quantitative estimate of drug-likeness (QED) is 0.883. The molecule has 2 aromatic heterocycles. The van der Waals surface area contributed by atoms with Crippen LogP contribution in [0, 0.1) is 13.8 Å². The predicted octanol–water partition coefficient (Wildman–Crippen LogP) is 3.33. The number of thiophene rings is 1. The Morgan fingerprint density at radius 3 is 2.69 bits per heavy atom. The molecule has 1 atom stereocenters. The molecule has 3 nitrogen and oxygen atoms in total. The van der Waals surface area contributed by atoms with Gasteiger partial charge in [0.05, 0.1) is 6.04 Å². The van der Waals surface area contributed by atoms with Gasteiger partial charge in [-0.05, 0) is 39.0 Å². The fourth-order valence-electron chi connectivity index (χ4n) is 1.52. The van der Waals surface area contributed by atoms with E-state index in [2.05, 4.69) is 41.3 Å². The van der Waals surface area contributed by atoms with E-state index in [1.165, 1.54) is 9.75 Å². The second kappa shape index (κ2) is 4.61. The van der Waals surface area contributed by atoms with Crippen LogP contribution in [-0.4, -0.2) is 9.97 Å². The molecule has 84 valence electrons. The minimum Gasteiger partial charge on any atom is -0.363 e. The number of rotatable bonds is 3. The fourth-order valence-corrected chi connectivity index (χ4v) is 2.40. The third-order valence-electron chi connectivity index (χ3n) is 2.33. The van der Waals surface area contributed by atoms with Crippen molar-refractivity contribution in [3.8, 4) is 0 Å². The second-order valence-corrected chi connectivity index (χ2v) is 5.12. The van der Waals surface area contributed by atoms with Gasteiger partial charge in [0.15, 0.2) is 0 Å². The zero-order valence-corrected chi connectivity index (χ0v) is 10.5. The molecule has 0 aliphatic carbocycles. The molecule has 1 unspecified atom stereocenters. The van der Waals surface area contributed by atoms with Crippen molar-refractivity contribution in [2.45, 2.75) is 26.8 Å². The lowest BCUT2D eigenvalue weighted by Crippen LogP contribution is -2.07. The highest BCUT2D eigenvalue weighted by atomic mass is 32.1. The first kappa shape index (κ1) is 11.1. The minimum atomic E-state index is 0.285. The smallest absolute Gasteiger partial charge is 0.130 e. The Kier molecular flexibility index (Phi) is 3.19. The molecule has 0 amide bonds. The maximum absolute atomic E-state index is 4.33. The summed E-state index contributed by atoms with van der Waals surface area (Å²) in [6, 6.07) is 6.48. The van der Waals surface area contributed by atoms with Crippen LogP contribution in [0.25, 0.3) is 0 Å². The molecule has 4 heteroatoms. The Morgan fingerprint density at radius 2 is 2.06 bits per heavy atom. The van der Waals surface area contributed by atoms with E-state index in [0.717, 1.165) is 11.6 Å². The van der Waals surface area contributed by atoms with Crippen molar-refractivity contribution in [3.05, 3.63) is 40.0 Å². The normalized spacial score (nSPS) is 12.4. The van der Waals surface area contributed by atoms with Crippen molar-refractivity contribution in [1.29, 1.82) is 0 Å². The van der Waals surface area contributed by atoms with Gasteiger partial charge in [-0.2, -0.15) is 0 Å². The van der Waals surface area contributed by atoms with E-state index >= 15 is 0 Å². The van der Waals surface area contributed by atoms with Gasteiger partial charge in [-0.15, -0.1) is 11.3 Å².